The monoisotopic (exact) mass is 366 g/mol. The van der Waals surface area contributed by atoms with Crippen molar-refractivity contribution in [3.8, 4) is 0 Å². The Balaban J connectivity index is 1.75. The van der Waals surface area contributed by atoms with E-state index in [4.69, 9.17) is 0 Å². The summed E-state index contributed by atoms with van der Waals surface area (Å²) >= 11 is 0. The second-order valence-electron chi connectivity index (χ2n) is 6.50. The first-order chi connectivity index (χ1) is 12.0. The van der Waals surface area contributed by atoms with Gasteiger partial charge in [-0.25, -0.2) is 13.1 Å². The fraction of sp³-hybridized carbons (Fsp3) is 0.611. The van der Waals surface area contributed by atoms with Crippen molar-refractivity contribution < 1.29 is 8.42 Å². The van der Waals surface area contributed by atoms with Crippen molar-refractivity contribution in [2.75, 3.05) is 32.4 Å². The minimum absolute atomic E-state index is 0.116. The van der Waals surface area contributed by atoms with Gasteiger partial charge in [0.25, 0.3) is 0 Å². The predicted molar refractivity (Wildman–Crippen MR) is 103 cm³/mol. The molecule has 0 spiro atoms. The Morgan fingerprint density at radius 3 is 2.44 bits per heavy atom. The van der Waals surface area contributed by atoms with Gasteiger partial charge in [-0.05, 0) is 31.7 Å². The van der Waals surface area contributed by atoms with E-state index in [1.807, 2.05) is 0 Å². The topological polar surface area (TPSA) is 82.6 Å². The first-order valence-electron chi connectivity index (χ1n) is 8.99. The lowest BCUT2D eigenvalue weighted by atomic mass is 9.64. The highest BCUT2D eigenvalue weighted by molar-refractivity contribution is 7.89. The average molecular weight is 367 g/mol. The summed E-state index contributed by atoms with van der Waals surface area (Å²) < 4.78 is 25.3. The third-order valence-corrected chi connectivity index (χ3v) is 6.27. The van der Waals surface area contributed by atoms with Crippen molar-refractivity contribution in [2.45, 2.75) is 38.0 Å². The second kappa shape index (κ2) is 9.20. The highest BCUT2D eigenvalue weighted by Crippen LogP contribution is 2.43. The molecule has 7 heteroatoms. The lowest BCUT2D eigenvalue weighted by Gasteiger charge is -2.43. The highest BCUT2D eigenvalue weighted by atomic mass is 32.2. The first kappa shape index (κ1) is 19.7. The molecular formula is C18H30N4O2S. The molecule has 0 bridgehead atoms. The van der Waals surface area contributed by atoms with Gasteiger partial charge in [0.2, 0.25) is 10.0 Å². The zero-order valence-corrected chi connectivity index (χ0v) is 16.0. The molecule has 1 aliphatic carbocycles. The molecule has 1 aromatic carbocycles. The fourth-order valence-electron chi connectivity index (χ4n) is 3.06. The van der Waals surface area contributed by atoms with Crippen molar-refractivity contribution in [1.82, 2.24) is 15.4 Å². The predicted octanol–water partition coefficient (Wildman–Crippen LogP) is 1.60. The smallest absolute Gasteiger partial charge is 0.211 e. The van der Waals surface area contributed by atoms with Gasteiger partial charge in [0.15, 0.2) is 5.96 Å². The van der Waals surface area contributed by atoms with Gasteiger partial charge in [-0.15, -0.1) is 0 Å². The maximum atomic E-state index is 11.4. The van der Waals surface area contributed by atoms with Crippen LogP contribution in [0.25, 0.3) is 0 Å². The third kappa shape index (κ3) is 5.71. The number of sulfonamides is 1. The zero-order valence-electron chi connectivity index (χ0n) is 15.2. The van der Waals surface area contributed by atoms with Crippen molar-refractivity contribution in [1.29, 1.82) is 0 Å². The molecule has 0 unspecified atom stereocenters. The fourth-order valence-corrected chi connectivity index (χ4v) is 3.72. The summed E-state index contributed by atoms with van der Waals surface area (Å²) in [5.41, 5.74) is 1.59. The number of nitrogens with zero attached hydrogens (tertiary/aromatic N) is 1. The van der Waals surface area contributed by atoms with Crippen LogP contribution in [0.2, 0.25) is 0 Å². The van der Waals surface area contributed by atoms with Crippen LogP contribution in [-0.4, -0.2) is 46.8 Å². The molecule has 0 radical (unpaired) electrons. The molecule has 1 fully saturated rings. The van der Waals surface area contributed by atoms with Gasteiger partial charge in [0.1, 0.15) is 0 Å². The molecule has 2 rings (SSSR count). The van der Waals surface area contributed by atoms with E-state index in [0.29, 0.717) is 19.5 Å². The van der Waals surface area contributed by atoms with Crippen LogP contribution in [0.1, 0.15) is 38.2 Å². The summed E-state index contributed by atoms with van der Waals surface area (Å²) in [5.74, 6) is 0.881. The second-order valence-corrected chi connectivity index (χ2v) is 8.60. The Hall–Kier alpha value is -1.60. The summed E-state index contributed by atoms with van der Waals surface area (Å²) in [6.45, 7) is 3.60. The molecule has 140 valence electrons. The SMILES string of the molecule is CCS(=O)(=O)NCCCNC(=NC)NCC1(c2ccccc2)CCC1. The van der Waals surface area contributed by atoms with Crippen molar-refractivity contribution in [3.63, 3.8) is 0 Å². The molecule has 6 nitrogen and oxygen atoms in total. The number of benzene rings is 1. The highest BCUT2D eigenvalue weighted by Gasteiger charge is 2.38. The molecule has 3 N–H and O–H groups in total. The molecule has 25 heavy (non-hydrogen) atoms. The van der Waals surface area contributed by atoms with Crippen LogP contribution in [0.3, 0.4) is 0 Å². The van der Waals surface area contributed by atoms with Crippen LogP contribution in [0, 0.1) is 0 Å². The average Bonchev–Trinajstić information content (AvgIpc) is 2.59. The Kier molecular flexibility index (Phi) is 7.25. The maximum Gasteiger partial charge on any atom is 0.211 e. The van der Waals surface area contributed by atoms with E-state index < -0.39 is 10.0 Å². The van der Waals surface area contributed by atoms with Crippen LogP contribution in [-0.2, 0) is 15.4 Å². The van der Waals surface area contributed by atoms with Crippen molar-refractivity contribution in [3.05, 3.63) is 35.9 Å². The summed E-state index contributed by atoms with van der Waals surface area (Å²) in [6.07, 6.45) is 4.36. The number of guanidine groups is 1. The molecule has 0 saturated heterocycles. The third-order valence-electron chi connectivity index (χ3n) is 4.86. The van der Waals surface area contributed by atoms with E-state index in [9.17, 15) is 8.42 Å². The molecule has 0 aromatic heterocycles. The number of nitrogens with one attached hydrogen (secondary N) is 3. The molecule has 0 atom stereocenters. The van der Waals surface area contributed by atoms with E-state index in [-0.39, 0.29) is 11.2 Å². The van der Waals surface area contributed by atoms with Crippen molar-refractivity contribution >= 4 is 16.0 Å². The van der Waals surface area contributed by atoms with Gasteiger partial charge in [-0.1, -0.05) is 36.8 Å². The molecule has 1 aliphatic rings. The lowest BCUT2D eigenvalue weighted by molar-refractivity contribution is 0.244. The van der Waals surface area contributed by atoms with E-state index in [1.54, 1.807) is 14.0 Å². The van der Waals surface area contributed by atoms with E-state index in [1.165, 1.54) is 24.8 Å². The Morgan fingerprint density at radius 2 is 1.88 bits per heavy atom. The molecule has 1 aromatic rings. The minimum Gasteiger partial charge on any atom is -0.356 e. The first-order valence-corrected chi connectivity index (χ1v) is 10.6. The van der Waals surface area contributed by atoms with Crippen LogP contribution in [0.5, 0.6) is 0 Å². The van der Waals surface area contributed by atoms with Gasteiger partial charge >= 0.3 is 0 Å². The van der Waals surface area contributed by atoms with Crippen LogP contribution in [0.4, 0.5) is 0 Å². The van der Waals surface area contributed by atoms with Crippen molar-refractivity contribution in [2.24, 2.45) is 4.99 Å². The molecule has 1 saturated carbocycles. The van der Waals surface area contributed by atoms with Gasteiger partial charge in [0, 0.05) is 32.1 Å². The zero-order chi connectivity index (χ0) is 18.2. The summed E-state index contributed by atoms with van der Waals surface area (Å²) in [4.78, 5) is 4.26. The van der Waals surface area contributed by atoms with E-state index in [2.05, 4.69) is 50.7 Å². The number of hydrogen-bond acceptors (Lipinski definition) is 3. The molecule has 0 amide bonds. The number of aliphatic imine (C=N–C) groups is 1. The normalized spacial score (nSPS) is 17.0. The quantitative estimate of drug-likeness (QED) is 0.352. The maximum absolute atomic E-state index is 11.4. The Labute approximate surface area is 151 Å². The molecule has 0 heterocycles. The van der Waals surface area contributed by atoms with Gasteiger partial charge in [-0.2, -0.15) is 0 Å². The lowest BCUT2D eigenvalue weighted by Crippen LogP contribution is -2.49. The van der Waals surface area contributed by atoms with E-state index >= 15 is 0 Å². The Bertz CT molecular complexity index is 655. The van der Waals surface area contributed by atoms with Crippen LogP contribution >= 0.6 is 0 Å². The standard InChI is InChI=1S/C18H30N4O2S/c1-3-25(23,24)22-14-8-13-20-17(19-2)21-15-18(11-7-12-18)16-9-5-4-6-10-16/h4-6,9-10,22H,3,7-8,11-15H2,1-2H3,(H2,19,20,21). The molecular weight excluding hydrogens is 336 g/mol. The van der Waals surface area contributed by atoms with E-state index in [0.717, 1.165) is 12.5 Å². The number of rotatable bonds is 9. The van der Waals surface area contributed by atoms with Crippen LogP contribution < -0.4 is 15.4 Å². The number of hydrogen-bond donors (Lipinski definition) is 3. The summed E-state index contributed by atoms with van der Waals surface area (Å²) in [7, 11) is -1.35. The molecule has 0 aliphatic heterocycles. The summed E-state index contributed by atoms with van der Waals surface area (Å²) in [5, 5.41) is 6.68. The Morgan fingerprint density at radius 1 is 1.16 bits per heavy atom. The largest absolute Gasteiger partial charge is 0.356 e. The summed E-state index contributed by atoms with van der Waals surface area (Å²) in [6, 6.07) is 10.7. The van der Waals surface area contributed by atoms with Gasteiger partial charge < -0.3 is 10.6 Å². The minimum atomic E-state index is -3.11. The van der Waals surface area contributed by atoms with Crippen LogP contribution in [0.15, 0.2) is 35.3 Å². The van der Waals surface area contributed by atoms with Gasteiger partial charge in [-0.3, -0.25) is 4.99 Å². The van der Waals surface area contributed by atoms with Gasteiger partial charge in [0.05, 0.1) is 5.75 Å².